The molecule has 0 spiro atoms. The highest BCUT2D eigenvalue weighted by atomic mass is 32.2. The third kappa shape index (κ3) is 3.64. The van der Waals surface area contributed by atoms with Gasteiger partial charge in [-0.25, -0.2) is 13.4 Å². The monoisotopic (exact) mass is 229 g/mol. The summed E-state index contributed by atoms with van der Waals surface area (Å²) in [4.78, 5) is 5.73. The van der Waals surface area contributed by atoms with Crippen molar-refractivity contribution in [3.63, 3.8) is 0 Å². The van der Waals surface area contributed by atoms with E-state index < -0.39 is 22.0 Å². The first-order valence-electron chi connectivity index (χ1n) is 3.35. The van der Waals surface area contributed by atoms with Crippen molar-refractivity contribution in [1.29, 1.82) is 0 Å². The van der Waals surface area contributed by atoms with E-state index in [0.717, 1.165) is 0 Å². The minimum Gasteiger partial charge on any atom is -0.330 e. The van der Waals surface area contributed by atoms with Gasteiger partial charge >= 0.3 is 6.18 Å². The summed E-state index contributed by atoms with van der Waals surface area (Å²) in [7, 11) is -4.43. The first-order chi connectivity index (χ1) is 6.29. The molecule has 0 aromatic carbocycles. The van der Waals surface area contributed by atoms with Crippen molar-refractivity contribution in [3.8, 4) is 0 Å². The van der Waals surface area contributed by atoms with Crippen LogP contribution in [0.25, 0.3) is 0 Å². The van der Waals surface area contributed by atoms with E-state index in [1.54, 1.807) is 4.72 Å². The Kier molecular flexibility index (Phi) is 2.69. The van der Waals surface area contributed by atoms with E-state index in [1.807, 2.05) is 0 Å². The molecule has 1 aromatic rings. The Labute approximate surface area is 77.4 Å². The van der Waals surface area contributed by atoms with Crippen LogP contribution in [0.5, 0.6) is 0 Å². The van der Waals surface area contributed by atoms with Crippen molar-refractivity contribution in [1.82, 2.24) is 9.97 Å². The van der Waals surface area contributed by atoms with Gasteiger partial charge in [0.25, 0.3) is 0 Å². The van der Waals surface area contributed by atoms with E-state index in [-0.39, 0.29) is 5.95 Å². The maximum Gasteiger partial charge on any atom is 0.404 e. The lowest BCUT2D eigenvalue weighted by molar-refractivity contribution is -0.106. The van der Waals surface area contributed by atoms with Crippen molar-refractivity contribution < 1.29 is 21.6 Å². The van der Waals surface area contributed by atoms with Crippen LogP contribution >= 0.6 is 0 Å². The number of nitrogens with one attached hydrogen (secondary N) is 2. The van der Waals surface area contributed by atoms with Gasteiger partial charge in [-0.3, -0.25) is 4.72 Å². The molecule has 0 bridgehead atoms. The van der Waals surface area contributed by atoms with Crippen LogP contribution in [0.3, 0.4) is 0 Å². The molecule has 2 N–H and O–H groups in total. The van der Waals surface area contributed by atoms with Crippen LogP contribution in [0.15, 0.2) is 12.4 Å². The number of anilines is 1. The van der Waals surface area contributed by atoms with Gasteiger partial charge in [0, 0.05) is 12.4 Å². The molecule has 0 saturated heterocycles. The number of rotatable bonds is 3. The Morgan fingerprint density at radius 2 is 2.14 bits per heavy atom. The SMILES string of the molecule is O=S(=O)(CC(F)(F)F)Nc1ncc[nH]1. The zero-order valence-corrected chi connectivity index (χ0v) is 7.48. The average Bonchev–Trinajstić information content (AvgIpc) is 2.31. The lowest BCUT2D eigenvalue weighted by Gasteiger charge is -2.07. The van der Waals surface area contributed by atoms with Gasteiger partial charge < -0.3 is 4.98 Å². The highest BCUT2D eigenvalue weighted by molar-refractivity contribution is 7.92. The number of imidazole rings is 1. The second-order valence-electron chi connectivity index (χ2n) is 2.41. The Balaban J connectivity index is 2.69. The molecular weight excluding hydrogens is 223 g/mol. The Morgan fingerprint density at radius 3 is 2.57 bits per heavy atom. The fourth-order valence-corrected chi connectivity index (χ4v) is 1.63. The normalized spacial score (nSPS) is 12.8. The van der Waals surface area contributed by atoms with Gasteiger partial charge in [0.1, 0.15) is 0 Å². The standard InChI is InChI=1S/C5H6F3N3O2S/c6-5(7,8)3-14(12,13)11-4-9-1-2-10-4/h1-2H,3H2,(H2,9,10,11). The summed E-state index contributed by atoms with van der Waals surface area (Å²) in [5, 5.41) is 0. The molecule has 5 nitrogen and oxygen atoms in total. The molecule has 0 atom stereocenters. The van der Waals surface area contributed by atoms with Crippen molar-refractivity contribution in [3.05, 3.63) is 12.4 Å². The highest BCUT2D eigenvalue weighted by Gasteiger charge is 2.35. The fourth-order valence-electron chi connectivity index (χ4n) is 0.720. The first-order valence-corrected chi connectivity index (χ1v) is 5.00. The molecule has 1 heterocycles. The number of H-pyrrole nitrogens is 1. The van der Waals surface area contributed by atoms with Gasteiger partial charge in [-0.2, -0.15) is 13.2 Å². The number of alkyl halides is 3. The zero-order chi connectivity index (χ0) is 10.8. The maximum absolute atomic E-state index is 11.7. The molecule has 9 heteroatoms. The number of nitrogens with zero attached hydrogens (tertiary/aromatic N) is 1. The summed E-state index contributed by atoms with van der Waals surface area (Å²) in [6, 6.07) is 0. The fraction of sp³-hybridized carbons (Fsp3) is 0.400. The number of aromatic nitrogens is 2. The minimum absolute atomic E-state index is 0.241. The van der Waals surface area contributed by atoms with E-state index in [1.165, 1.54) is 12.4 Å². The van der Waals surface area contributed by atoms with Crippen molar-refractivity contribution in [2.45, 2.75) is 6.18 Å². The number of sulfonamides is 1. The van der Waals surface area contributed by atoms with Crippen molar-refractivity contribution in [2.24, 2.45) is 0 Å². The first kappa shape index (κ1) is 10.8. The van der Waals surface area contributed by atoms with Crippen molar-refractivity contribution >= 4 is 16.0 Å². The zero-order valence-electron chi connectivity index (χ0n) is 6.67. The average molecular weight is 229 g/mol. The Hall–Kier alpha value is -1.25. The molecule has 0 fully saturated rings. The summed E-state index contributed by atoms with van der Waals surface area (Å²) in [5.41, 5.74) is 0. The molecular formula is C5H6F3N3O2S. The van der Waals surface area contributed by atoms with Gasteiger partial charge in [0.05, 0.1) is 0 Å². The molecule has 0 aliphatic heterocycles. The number of hydrogen-bond acceptors (Lipinski definition) is 3. The van der Waals surface area contributed by atoms with Crippen LogP contribution in [-0.4, -0.2) is 30.3 Å². The quantitative estimate of drug-likeness (QED) is 0.801. The topological polar surface area (TPSA) is 74.8 Å². The molecule has 0 aliphatic carbocycles. The van der Waals surface area contributed by atoms with Gasteiger partial charge in [-0.05, 0) is 0 Å². The Morgan fingerprint density at radius 1 is 1.50 bits per heavy atom. The molecule has 0 amide bonds. The summed E-state index contributed by atoms with van der Waals surface area (Å²) in [6.07, 6.45) is -2.27. The van der Waals surface area contributed by atoms with Gasteiger partial charge in [-0.15, -0.1) is 0 Å². The van der Waals surface area contributed by atoms with E-state index >= 15 is 0 Å². The molecule has 1 rings (SSSR count). The number of halogens is 3. The van der Waals surface area contributed by atoms with Crippen LogP contribution in [0.4, 0.5) is 19.1 Å². The van der Waals surface area contributed by atoms with Crippen LogP contribution < -0.4 is 4.72 Å². The minimum atomic E-state index is -4.77. The van der Waals surface area contributed by atoms with Crippen LogP contribution in [0.1, 0.15) is 0 Å². The van der Waals surface area contributed by atoms with Crippen molar-refractivity contribution in [2.75, 3.05) is 10.5 Å². The lowest BCUT2D eigenvalue weighted by atomic mass is 10.8. The summed E-state index contributed by atoms with van der Waals surface area (Å²) in [5.74, 6) is -2.17. The third-order valence-electron chi connectivity index (χ3n) is 1.10. The smallest absolute Gasteiger partial charge is 0.330 e. The summed E-state index contributed by atoms with van der Waals surface area (Å²) < 4.78 is 58.5. The predicted octanol–water partition coefficient (Wildman–Crippen LogP) is 0.714. The molecule has 1 aromatic heterocycles. The third-order valence-corrected chi connectivity index (χ3v) is 2.32. The number of aromatic amines is 1. The number of hydrogen-bond donors (Lipinski definition) is 2. The second kappa shape index (κ2) is 3.48. The highest BCUT2D eigenvalue weighted by Crippen LogP contribution is 2.17. The molecule has 80 valence electrons. The molecule has 0 saturated carbocycles. The van der Waals surface area contributed by atoms with Crippen LogP contribution in [0.2, 0.25) is 0 Å². The maximum atomic E-state index is 11.7. The van der Waals surface area contributed by atoms with E-state index in [2.05, 4.69) is 9.97 Å². The van der Waals surface area contributed by atoms with E-state index in [0.29, 0.717) is 0 Å². The van der Waals surface area contributed by atoms with E-state index in [4.69, 9.17) is 0 Å². The molecule has 0 unspecified atom stereocenters. The summed E-state index contributed by atoms with van der Waals surface area (Å²) >= 11 is 0. The van der Waals surface area contributed by atoms with Gasteiger partial charge in [0.15, 0.2) is 5.75 Å². The van der Waals surface area contributed by atoms with Gasteiger partial charge in [0.2, 0.25) is 16.0 Å². The van der Waals surface area contributed by atoms with Gasteiger partial charge in [-0.1, -0.05) is 0 Å². The molecule has 0 radical (unpaired) electrons. The summed E-state index contributed by atoms with van der Waals surface area (Å²) in [6.45, 7) is 0. The lowest BCUT2D eigenvalue weighted by Crippen LogP contribution is -2.28. The van der Waals surface area contributed by atoms with E-state index in [9.17, 15) is 21.6 Å². The predicted molar refractivity (Wildman–Crippen MR) is 42.1 cm³/mol. The van der Waals surface area contributed by atoms with Crippen LogP contribution in [0, 0.1) is 0 Å². The van der Waals surface area contributed by atoms with Crippen LogP contribution in [-0.2, 0) is 10.0 Å². The largest absolute Gasteiger partial charge is 0.404 e. The second-order valence-corrected chi connectivity index (χ2v) is 4.14. The Bertz CT molecular complexity index is 383. The molecule has 0 aliphatic rings. The molecule has 14 heavy (non-hydrogen) atoms.